The monoisotopic (exact) mass is 282 g/mol. The molecule has 0 aliphatic heterocycles. The van der Waals surface area contributed by atoms with Gasteiger partial charge in [0.05, 0.1) is 0 Å². The van der Waals surface area contributed by atoms with Crippen LogP contribution in [0.4, 0.5) is 0 Å². The number of carbonyl (C=O) groups excluding carboxylic acids is 1. The molecule has 120 valence electrons. The Hall–Kier alpha value is -0.330. The highest BCUT2D eigenvalue weighted by molar-refractivity contribution is 5.91. The molecule has 0 aromatic rings. The Labute approximate surface area is 127 Å². The zero-order valence-corrected chi connectivity index (χ0v) is 15.7. The maximum Gasteiger partial charge on any atom is 0.145 e. The van der Waals surface area contributed by atoms with E-state index in [0.29, 0.717) is 5.78 Å². The van der Waals surface area contributed by atoms with Gasteiger partial charge < -0.3 is 0 Å². The molecule has 1 heteroatoms. The zero-order chi connectivity index (χ0) is 16.4. The normalized spacial score (nSPS) is 19.3. The molecule has 0 aromatic heterocycles. The van der Waals surface area contributed by atoms with Gasteiger partial charge in [-0.1, -0.05) is 82.1 Å². The van der Waals surface area contributed by atoms with E-state index in [4.69, 9.17) is 0 Å². The molecule has 0 radical (unpaired) electrons. The predicted octanol–water partition coefficient (Wildman–Crippen LogP) is 6.26. The van der Waals surface area contributed by atoms with Crippen molar-refractivity contribution < 1.29 is 4.79 Å². The molecule has 0 rings (SSSR count). The fraction of sp³-hybridized carbons (Fsp3) is 0.947. The number of hydrogen-bond donors (Lipinski definition) is 0. The van der Waals surface area contributed by atoms with Gasteiger partial charge in [0.25, 0.3) is 0 Å². The van der Waals surface area contributed by atoms with Crippen molar-refractivity contribution in [3.8, 4) is 0 Å². The van der Waals surface area contributed by atoms with Crippen molar-refractivity contribution in [1.82, 2.24) is 0 Å². The molecule has 0 spiro atoms. The van der Waals surface area contributed by atoms with Gasteiger partial charge in [-0.25, -0.2) is 0 Å². The highest BCUT2D eigenvalue weighted by Gasteiger charge is 2.54. The molecule has 0 aromatic carbocycles. The second-order valence-electron chi connectivity index (χ2n) is 8.18. The van der Waals surface area contributed by atoms with Crippen molar-refractivity contribution in [1.29, 1.82) is 0 Å². The van der Waals surface area contributed by atoms with E-state index >= 15 is 0 Å². The summed E-state index contributed by atoms with van der Waals surface area (Å²) in [6.07, 6.45) is 3.91. The Balaban J connectivity index is 5.93. The van der Waals surface area contributed by atoms with Gasteiger partial charge in [0, 0.05) is 10.8 Å². The summed E-state index contributed by atoms with van der Waals surface area (Å²) in [6.45, 7) is 22.1. The Kier molecular flexibility index (Phi) is 6.09. The average Bonchev–Trinajstić information content (AvgIpc) is 2.43. The first-order chi connectivity index (χ1) is 8.90. The maximum atomic E-state index is 13.6. The number of rotatable bonds is 8. The second kappa shape index (κ2) is 6.20. The quantitative estimate of drug-likeness (QED) is 0.513. The van der Waals surface area contributed by atoms with E-state index < -0.39 is 0 Å². The molecule has 0 bridgehead atoms. The van der Waals surface area contributed by atoms with Crippen LogP contribution in [0, 0.1) is 21.7 Å². The van der Waals surface area contributed by atoms with Crippen molar-refractivity contribution in [2.24, 2.45) is 21.7 Å². The molecule has 0 amide bonds. The summed E-state index contributed by atoms with van der Waals surface area (Å²) >= 11 is 0. The molecule has 0 saturated carbocycles. The molecule has 2 atom stereocenters. The molecular formula is C19H38O. The van der Waals surface area contributed by atoms with E-state index in [1.807, 2.05) is 0 Å². The lowest BCUT2D eigenvalue weighted by Crippen LogP contribution is -2.53. The highest BCUT2D eigenvalue weighted by atomic mass is 16.1. The SMILES string of the molecule is CCC(C)(C)C(C)(CC)C(=O)C(C)(CC)C(C)(C)CC. The fourth-order valence-corrected chi connectivity index (χ4v) is 3.28. The van der Waals surface area contributed by atoms with Crippen molar-refractivity contribution in [3.63, 3.8) is 0 Å². The van der Waals surface area contributed by atoms with Crippen LogP contribution >= 0.6 is 0 Å². The number of carbonyl (C=O) groups is 1. The smallest absolute Gasteiger partial charge is 0.145 e. The summed E-state index contributed by atoms with van der Waals surface area (Å²) in [6, 6.07) is 0. The van der Waals surface area contributed by atoms with Crippen LogP contribution in [0.15, 0.2) is 0 Å². The largest absolute Gasteiger partial charge is 0.298 e. The third-order valence-corrected chi connectivity index (χ3v) is 7.17. The van der Waals surface area contributed by atoms with E-state index in [-0.39, 0.29) is 21.7 Å². The molecule has 0 N–H and O–H groups in total. The first-order valence-corrected chi connectivity index (χ1v) is 8.45. The highest BCUT2D eigenvalue weighted by Crippen LogP contribution is 2.54. The van der Waals surface area contributed by atoms with Gasteiger partial charge in [-0.05, 0) is 23.7 Å². The fourth-order valence-electron chi connectivity index (χ4n) is 3.28. The van der Waals surface area contributed by atoms with Crippen LogP contribution in [0.2, 0.25) is 0 Å². The van der Waals surface area contributed by atoms with Gasteiger partial charge in [0.1, 0.15) is 5.78 Å². The Morgan fingerprint density at radius 1 is 0.600 bits per heavy atom. The van der Waals surface area contributed by atoms with Crippen LogP contribution in [0.5, 0.6) is 0 Å². The third-order valence-electron chi connectivity index (χ3n) is 7.17. The minimum atomic E-state index is -0.251. The number of Topliss-reactive ketones (excluding diaryl/α,β-unsaturated/α-hetero) is 1. The van der Waals surface area contributed by atoms with Gasteiger partial charge >= 0.3 is 0 Å². The van der Waals surface area contributed by atoms with E-state index in [1.54, 1.807) is 0 Å². The van der Waals surface area contributed by atoms with E-state index in [0.717, 1.165) is 25.7 Å². The van der Waals surface area contributed by atoms with Crippen LogP contribution in [0.25, 0.3) is 0 Å². The standard InChI is InChI=1S/C19H38O/c1-11-16(5,6)18(9,13-3)15(20)19(10,14-4)17(7,8)12-2/h11-14H2,1-10H3. The van der Waals surface area contributed by atoms with Gasteiger partial charge in [0.2, 0.25) is 0 Å². The molecule has 0 fully saturated rings. The van der Waals surface area contributed by atoms with Crippen LogP contribution in [0.1, 0.15) is 94.9 Å². The Morgan fingerprint density at radius 3 is 1.00 bits per heavy atom. The summed E-state index contributed by atoms with van der Waals surface area (Å²) in [5.74, 6) is 0.466. The molecule has 1 nitrogen and oxygen atoms in total. The molecular weight excluding hydrogens is 244 g/mol. The van der Waals surface area contributed by atoms with Crippen LogP contribution in [-0.4, -0.2) is 5.78 Å². The Morgan fingerprint density at radius 2 is 0.850 bits per heavy atom. The molecule has 0 saturated heterocycles. The Bertz CT molecular complexity index is 308. The van der Waals surface area contributed by atoms with Gasteiger partial charge in [0.15, 0.2) is 0 Å². The van der Waals surface area contributed by atoms with Gasteiger partial charge in [-0.15, -0.1) is 0 Å². The van der Waals surface area contributed by atoms with E-state index in [9.17, 15) is 4.79 Å². The molecule has 0 aliphatic rings. The lowest BCUT2D eigenvalue weighted by Gasteiger charge is -2.52. The minimum Gasteiger partial charge on any atom is -0.298 e. The summed E-state index contributed by atoms with van der Waals surface area (Å²) in [5, 5.41) is 0. The molecule has 0 heterocycles. The predicted molar refractivity (Wildman–Crippen MR) is 89.9 cm³/mol. The summed E-state index contributed by atoms with van der Waals surface area (Å²) in [7, 11) is 0. The van der Waals surface area contributed by atoms with E-state index in [2.05, 4.69) is 69.2 Å². The lowest BCUT2D eigenvalue weighted by atomic mass is 9.51. The van der Waals surface area contributed by atoms with Gasteiger partial charge in [-0.3, -0.25) is 4.79 Å². The van der Waals surface area contributed by atoms with Crippen molar-refractivity contribution in [2.75, 3.05) is 0 Å². The van der Waals surface area contributed by atoms with Crippen LogP contribution in [-0.2, 0) is 4.79 Å². The van der Waals surface area contributed by atoms with Crippen molar-refractivity contribution >= 4 is 5.78 Å². The van der Waals surface area contributed by atoms with Gasteiger partial charge in [-0.2, -0.15) is 0 Å². The molecule has 2 unspecified atom stereocenters. The maximum absolute atomic E-state index is 13.6. The van der Waals surface area contributed by atoms with Crippen LogP contribution < -0.4 is 0 Å². The second-order valence-corrected chi connectivity index (χ2v) is 8.18. The first-order valence-electron chi connectivity index (χ1n) is 8.45. The molecule has 0 aliphatic carbocycles. The number of ketones is 1. The third kappa shape index (κ3) is 2.83. The lowest BCUT2D eigenvalue weighted by molar-refractivity contribution is -0.153. The topological polar surface area (TPSA) is 17.1 Å². The average molecular weight is 283 g/mol. The first kappa shape index (κ1) is 19.7. The summed E-state index contributed by atoms with van der Waals surface area (Å²) < 4.78 is 0. The van der Waals surface area contributed by atoms with Crippen molar-refractivity contribution in [2.45, 2.75) is 94.9 Å². The molecule has 20 heavy (non-hydrogen) atoms. The van der Waals surface area contributed by atoms with Crippen molar-refractivity contribution in [3.05, 3.63) is 0 Å². The summed E-state index contributed by atoms with van der Waals surface area (Å²) in [5.41, 5.74) is -0.421. The van der Waals surface area contributed by atoms with E-state index in [1.165, 1.54) is 0 Å². The van der Waals surface area contributed by atoms with Crippen LogP contribution in [0.3, 0.4) is 0 Å². The zero-order valence-electron chi connectivity index (χ0n) is 15.7. The number of hydrogen-bond acceptors (Lipinski definition) is 1. The minimum absolute atomic E-state index is 0.0408. The summed E-state index contributed by atoms with van der Waals surface area (Å²) in [4.78, 5) is 13.6.